The van der Waals surface area contributed by atoms with E-state index in [0.717, 1.165) is 60.0 Å². The first-order valence-electron chi connectivity index (χ1n) is 24.6. The number of carboxylic acid groups (broad SMARTS) is 2. The Bertz CT molecular complexity index is 2220. The molecule has 0 amide bonds. The summed E-state index contributed by atoms with van der Waals surface area (Å²) in [6.45, 7) is 22.7. The molecule has 4 unspecified atom stereocenters. The van der Waals surface area contributed by atoms with Gasteiger partial charge >= 0.3 is 11.9 Å². The molecule has 67 heavy (non-hydrogen) atoms. The first kappa shape index (κ1) is 54.5. The number of aryl methyl sites for hydroxylation is 2. The predicted molar refractivity (Wildman–Crippen MR) is 266 cm³/mol. The van der Waals surface area contributed by atoms with E-state index in [1.807, 2.05) is 26.8 Å². The molecule has 1 aliphatic rings. The number of hydrogen-bond acceptors (Lipinski definition) is 8. The van der Waals surface area contributed by atoms with Gasteiger partial charge in [0, 0.05) is 18.4 Å². The number of carboxylic acids is 2. The van der Waals surface area contributed by atoms with Gasteiger partial charge in [-0.25, -0.2) is 0 Å². The third kappa shape index (κ3) is 14.7. The average Bonchev–Trinajstić information content (AvgIpc) is 3.26. The van der Waals surface area contributed by atoms with Crippen molar-refractivity contribution in [3.63, 3.8) is 0 Å². The molecular formula is C57H80O10. The quantitative estimate of drug-likeness (QED) is 0.0510. The van der Waals surface area contributed by atoms with Crippen LogP contribution in [0.2, 0.25) is 0 Å². The van der Waals surface area contributed by atoms with Crippen molar-refractivity contribution in [3.05, 3.63) is 93.2 Å². The molecule has 0 fully saturated rings. The summed E-state index contributed by atoms with van der Waals surface area (Å²) in [4.78, 5) is 52.5. The number of benzene rings is 3. The number of allylic oxidation sites excluding steroid dienone is 1. The van der Waals surface area contributed by atoms with Crippen LogP contribution in [0.15, 0.2) is 48.7 Å². The Balaban J connectivity index is 1.47. The fourth-order valence-corrected chi connectivity index (χ4v) is 10.1. The lowest BCUT2D eigenvalue weighted by atomic mass is 9.66. The predicted octanol–water partition coefficient (Wildman–Crippen LogP) is 13.0. The van der Waals surface area contributed by atoms with Gasteiger partial charge < -0.3 is 29.2 Å². The molecule has 10 nitrogen and oxygen atoms in total. The van der Waals surface area contributed by atoms with E-state index in [0.29, 0.717) is 58.3 Å². The van der Waals surface area contributed by atoms with Crippen LogP contribution in [0.5, 0.6) is 23.0 Å². The highest BCUT2D eigenvalue weighted by molar-refractivity contribution is 5.99. The maximum atomic E-state index is 13.8. The van der Waals surface area contributed by atoms with E-state index < -0.39 is 23.8 Å². The molecule has 368 valence electrons. The Morgan fingerprint density at radius 2 is 1.31 bits per heavy atom. The van der Waals surface area contributed by atoms with Gasteiger partial charge in [0.05, 0.1) is 32.8 Å². The van der Waals surface area contributed by atoms with Crippen molar-refractivity contribution >= 4 is 23.5 Å². The van der Waals surface area contributed by atoms with Gasteiger partial charge in [0.25, 0.3) is 0 Å². The van der Waals surface area contributed by atoms with Gasteiger partial charge in [-0.3, -0.25) is 19.2 Å². The summed E-state index contributed by atoms with van der Waals surface area (Å²) in [5, 5.41) is 21.7. The Labute approximate surface area is 401 Å². The zero-order valence-corrected chi connectivity index (χ0v) is 42.6. The molecule has 2 N–H and O–H groups in total. The van der Waals surface area contributed by atoms with Crippen LogP contribution in [0.4, 0.5) is 0 Å². The molecule has 0 bridgehead atoms. The van der Waals surface area contributed by atoms with Crippen molar-refractivity contribution < 1.29 is 48.3 Å². The van der Waals surface area contributed by atoms with Crippen molar-refractivity contribution in [2.24, 2.45) is 17.8 Å². The third-order valence-electron chi connectivity index (χ3n) is 14.1. The van der Waals surface area contributed by atoms with E-state index in [1.54, 1.807) is 37.3 Å². The van der Waals surface area contributed by atoms with Crippen LogP contribution in [0.25, 0.3) is 0 Å². The van der Waals surface area contributed by atoms with Gasteiger partial charge in [-0.15, -0.1) is 0 Å². The molecule has 0 aliphatic carbocycles. The molecular weight excluding hydrogens is 845 g/mol. The number of rotatable bonds is 29. The molecule has 0 radical (unpaired) electrons. The Morgan fingerprint density at radius 1 is 0.761 bits per heavy atom. The number of hydrogen-bond donors (Lipinski definition) is 2. The highest BCUT2D eigenvalue weighted by Crippen LogP contribution is 2.50. The van der Waals surface area contributed by atoms with Crippen molar-refractivity contribution in [2.45, 2.75) is 182 Å². The van der Waals surface area contributed by atoms with Crippen LogP contribution in [-0.4, -0.2) is 53.5 Å². The molecule has 3 aromatic rings. The molecule has 0 spiro atoms. The highest BCUT2D eigenvalue weighted by atomic mass is 16.5. The van der Waals surface area contributed by atoms with E-state index in [1.165, 1.54) is 52.7 Å². The summed E-state index contributed by atoms with van der Waals surface area (Å²) in [5.41, 5.74) is 2.95. The highest BCUT2D eigenvalue weighted by Gasteiger charge is 2.50. The summed E-state index contributed by atoms with van der Waals surface area (Å²) in [7, 11) is 2.97. The van der Waals surface area contributed by atoms with Gasteiger partial charge in [-0.2, -0.15) is 0 Å². The minimum Gasteiger partial charge on any atom is -0.496 e. The maximum Gasteiger partial charge on any atom is 0.319 e. The lowest BCUT2D eigenvalue weighted by molar-refractivity contribution is -0.148. The van der Waals surface area contributed by atoms with Gasteiger partial charge in [0.2, 0.25) is 0 Å². The number of methoxy groups -OCH3 is 2. The molecule has 4 atom stereocenters. The summed E-state index contributed by atoms with van der Waals surface area (Å²) in [6, 6.07) is 10.4. The molecule has 10 heteroatoms. The van der Waals surface area contributed by atoms with E-state index >= 15 is 0 Å². The smallest absolute Gasteiger partial charge is 0.319 e. The number of fused-ring (bicyclic) bond motifs is 1. The fraction of sp³-hybridized carbons (Fsp3) is 0.579. The lowest BCUT2D eigenvalue weighted by Gasteiger charge is -2.41. The van der Waals surface area contributed by atoms with Crippen LogP contribution in [0.3, 0.4) is 0 Å². The van der Waals surface area contributed by atoms with Gasteiger partial charge in [0.15, 0.2) is 11.5 Å². The second-order valence-corrected chi connectivity index (χ2v) is 20.3. The molecule has 1 heterocycles. The van der Waals surface area contributed by atoms with Crippen LogP contribution < -0.4 is 18.9 Å². The van der Waals surface area contributed by atoms with Crippen LogP contribution in [-0.2, 0) is 43.9 Å². The molecule has 1 aliphatic heterocycles. The van der Waals surface area contributed by atoms with Crippen molar-refractivity contribution in [1.82, 2.24) is 0 Å². The fourth-order valence-electron chi connectivity index (χ4n) is 10.1. The van der Waals surface area contributed by atoms with Crippen LogP contribution in [0.1, 0.15) is 176 Å². The molecule has 0 aromatic heterocycles. The van der Waals surface area contributed by atoms with Gasteiger partial charge in [-0.1, -0.05) is 97.4 Å². The number of carbonyl (C=O) groups excluding carboxylic acids is 2. The molecule has 0 saturated heterocycles. The van der Waals surface area contributed by atoms with E-state index in [-0.39, 0.29) is 54.2 Å². The first-order chi connectivity index (χ1) is 31.6. The monoisotopic (exact) mass is 925 g/mol. The molecule has 0 saturated carbocycles. The summed E-state index contributed by atoms with van der Waals surface area (Å²) >= 11 is 0. The minimum atomic E-state index is -2.00. The van der Waals surface area contributed by atoms with Gasteiger partial charge in [0.1, 0.15) is 34.1 Å². The number of carbonyl (C=O) groups is 4. The van der Waals surface area contributed by atoms with Crippen molar-refractivity contribution in [1.29, 1.82) is 0 Å². The SMILES string of the molecule is C=C(C)Oc1ccc(CCC(=O)CC(=O)CCc2ccc(C(CC(=O)O)(C(=O)O)c3c(C)c(C)c4c(c3C)CCC(C)(CCCC(C)CCCC(C)CCCC(C)C)O4)c(OC)c2)cc1OC. The third-order valence-corrected chi connectivity index (χ3v) is 14.1. The van der Waals surface area contributed by atoms with E-state index in [2.05, 4.69) is 41.2 Å². The minimum absolute atomic E-state index is 0.0898. The second kappa shape index (κ2) is 24.8. The number of Topliss-reactive ketones (excluding diaryl/α,β-unsaturated/α-hetero) is 2. The summed E-state index contributed by atoms with van der Waals surface area (Å²) in [5.74, 6) is 1.82. The van der Waals surface area contributed by atoms with Crippen molar-refractivity contribution in [3.8, 4) is 23.0 Å². The zero-order valence-electron chi connectivity index (χ0n) is 42.6. The largest absolute Gasteiger partial charge is 0.496 e. The number of aliphatic carboxylic acids is 2. The van der Waals surface area contributed by atoms with Crippen LogP contribution in [0, 0.1) is 38.5 Å². The van der Waals surface area contributed by atoms with E-state index in [9.17, 15) is 29.4 Å². The van der Waals surface area contributed by atoms with Gasteiger partial charge in [-0.05, 0) is 148 Å². The maximum absolute atomic E-state index is 13.8. The topological polar surface area (TPSA) is 146 Å². The Kier molecular flexibility index (Phi) is 20.1. The normalized spacial score (nSPS) is 16.3. The Morgan fingerprint density at radius 3 is 1.85 bits per heavy atom. The molecule has 4 rings (SSSR count). The standard InChI is InChI=1S/C57H80O10/c1-36(2)16-13-17-38(5)18-14-19-39(6)20-15-30-56(10)31-29-47-42(9)53(40(7)41(8)54(47)67-56)57(55(62)63,35-52(60)61)48-27-23-43(32-50(48)64-11)21-25-45(58)34-46(59)26-22-44-24-28-49(66-37(3)4)51(33-44)65-12/h23-24,27-28,32-33,36,38-39H,3,13-22,25-26,29-31,34-35H2,1-2,4-12H3,(H,60,61)(H,62,63). The number of ketones is 2. The Hall–Kier alpha value is -5.12. The van der Waals surface area contributed by atoms with Crippen molar-refractivity contribution in [2.75, 3.05) is 14.2 Å². The number of ether oxygens (including phenoxy) is 4. The van der Waals surface area contributed by atoms with Crippen LogP contribution >= 0.6 is 0 Å². The summed E-state index contributed by atoms with van der Waals surface area (Å²) in [6.07, 6.45) is 12.4. The second-order valence-electron chi connectivity index (χ2n) is 20.3. The summed E-state index contributed by atoms with van der Waals surface area (Å²) < 4.78 is 23.8. The lowest BCUT2D eigenvalue weighted by Crippen LogP contribution is -2.42. The first-order valence-corrected chi connectivity index (χ1v) is 24.6. The van der Waals surface area contributed by atoms with E-state index in [4.69, 9.17) is 18.9 Å². The average molecular weight is 925 g/mol. The zero-order chi connectivity index (χ0) is 49.6. The molecule has 3 aromatic carbocycles.